The quantitative estimate of drug-likeness (QED) is 0.375. The molecule has 0 bridgehead atoms. The summed E-state index contributed by atoms with van der Waals surface area (Å²) in [6, 6.07) is 12.2. The van der Waals surface area contributed by atoms with E-state index >= 15 is 0 Å². The predicted molar refractivity (Wildman–Crippen MR) is 102 cm³/mol. The van der Waals surface area contributed by atoms with Gasteiger partial charge in [0.1, 0.15) is 17.6 Å². The maximum absolute atomic E-state index is 11.9. The van der Waals surface area contributed by atoms with Crippen molar-refractivity contribution < 1.29 is 19.2 Å². The number of nitrogen functional groups attached to an aromatic ring is 1. The molecule has 2 rings (SSSR count). The van der Waals surface area contributed by atoms with Gasteiger partial charge in [-0.25, -0.2) is 9.78 Å². The third-order valence-electron chi connectivity index (χ3n) is 3.58. The van der Waals surface area contributed by atoms with E-state index in [1.54, 1.807) is 0 Å². The maximum atomic E-state index is 11.9. The van der Waals surface area contributed by atoms with Gasteiger partial charge in [0, 0.05) is 5.28 Å². The van der Waals surface area contributed by atoms with E-state index in [2.05, 4.69) is 25.5 Å². The first-order valence-electron chi connectivity index (χ1n) is 8.50. The number of benzene rings is 1. The first kappa shape index (κ1) is 20.8. The van der Waals surface area contributed by atoms with E-state index in [4.69, 9.17) is 16.2 Å². The number of hydrogen-bond acceptors (Lipinski definition) is 9. The molecule has 0 saturated carbocycles. The summed E-state index contributed by atoms with van der Waals surface area (Å²) in [5.74, 6) is -0.178. The SMILES string of the molecule is CC(C)C(OC(=O)ON=Nc1ccc(NC(=O)CN)nc1N)c1ccccc1. The lowest BCUT2D eigenvalue weighted by atomic mass is 9.99. The minimum Gasteiger partial charge on any atom is -0.424 e. The van der Waals surface area contributed by atoms with Crippen LogP contribution in [-0.2, 0) is 14.4 Å². The van der Waals surface area contributed by atoms with E-state index in [0.717, 1.165) is 5.56 Å². The second kappa shape index (κ2) is 9.97. The number of anilines is 2. The van der Waals surface area contributed by atoms with Gasteiger partial charge in [0.05, 0.1) is 6.54 Å². The van der Waals surface area contributed by atoms with Crippen molar-refractivity contribution in [3.63, 3.8) is 0 Å². The lowest BCUT2D eigenvalue weighted by Crippen LogP contribution is -2.22. The predicted octanol–water partition coefficient (Wildman–Crippen LogP) is 3.11. The van der Waals surface area contributed by atoms with Crippen molar-refractivity contribution in [2.24, 2.45) is 22.0 Å². The van der Waals surface area contributed by atoms with E-state index < -0.39 is 18.2 Å². The van der Waals surface area contributed by atoms with E-state index in [1.165, 1.54) is 12.1 Å². The van der Waals surface area contributed by atoms with Crippen molar-refractivity contribution in [1.29, 1.82) is 0 Å². The summed E-state index contributed by atoms with van der Waals surface area (Å²) in [7, 11) is 0. The lowest BCUT2D eigenvalue weighted by molar-refractivity contribution is -0.114. The first-order chi connectivity index (χ1) is 13.4. The molecule has 148 valence electrons. The molecule has 2 aromatic rings. The topological polar surface area (TPSA) is 154 Å². The number of rotatable bonds is 7. The molecule has 10 heteroatoms. The monoisotopic (exact) mass is 386 g/mol. The van der Waals surface area contributed by atoms with Crippen molar-refractivity contribution in [1.82, 2.24) is 4.98 Å². The molecule has 5 N–H and O–H groups in total. The summed E-state index contributed by atoms with van der Waals surface area (Å²) in [4.78, 5) is 31.7. The Balaban J connectivity index is 1.96. The van der Waals surface area contributed by atoms with Gasteiger partial charge in [0.2, 0.25) is 5.91 Å². The molecular weight excluding hydrogens is 364 g/mol. The van der Waals surface area contributed by atoms with Crippen LogP contribution in [-0.4, -0.2) is 23.6 Å². The van der Waals surface area contributed by atoms with Crippen LogP contribution in [0.4, 0.5) is 22.1 Å². The summed E-state index contributed by atoms with van der Waals surface area (Å²) < 4.78 is 5.32. The van der Waals surface area contributed by atoms with Gasteiger partial charge >= 0.3 is 6.16 Å². The fourth-order valence-corrected chi connectivity index (χ4v) is 2.27. The molecule has 1 aromatic heterocycles. The number of pyridine rings is 1. The van der Waals surface area contributed by atoms with Gasteiger partial charge in [0.25, 0.3) is 0 Å². The Hall–Kier alpha value is -3.53. The number of nitrogens with one attached hydrogen (secondary N) is 1. The van der Waals surface area contributed by atoms with Crippen molar-refractivity contribution in [3.8, 4) is 0 Å². The Morgan fingerprint density at radius 3 is 2.50 bits per heavy atom. The molecule has 1 heterocycles. The number of hydrogen-bond donors (Lipinski definition) is 3. The number of carbonyl (C=O) groups excluding carboxylic acids is 2. The van der Waals surface area contributed by atoms with Gasteiger partial charge in [-0.05, 0) is 23.6 Å². The Kier molecular flexibility index (Phi) is 7.40. The molecule has 0 spiro atoms. The molecule has 0 aliphatic heterocycles. The molecule has 0 fully saturated rings. The number of amides is 1. The molecule has 1 amide bonds. The molecule has 0 aliphatic carbocycles. The fourth-order valence-electron chi connectivity index (χ4n) is 2.27. The number of nitrogens with two attached hydrogens (primary N) is 2. The third-order valence-corrected chi connectivity index (χ3v) is 3.58. The molecule has 0 aliphatic rings. The molecule has 10 nitrogen and oxygen atoms in total. The number of nitrogens with zero attached hydrogens (tertiary/aromatic N) is 3. The first-order valence-corrected chi connectivity index (χ1v) is 8.50. The summed E-state index contributed by atoms with van der Waals surface area (Å²) in [6.07, 6.45) is -1.48. The van der Waals surface area contributed by atoms with Gasteiger partial charge in [-0.1, -0.05) is 44.2 Å². The second-order valence-corrected chi connectivity index (χ2v) is 6.07. The van der Waals surface area contributed by atoms with Crippen LogP contribution in [0.25, 0.3) is 0 Å². The minimum atomic E-state index is -0.996. The average Bonchev–Trinajstić information content (AvgIpc) is 2.68. The average molecular weight is 386 g/mol. The highest BCUT2D eigenvalue weighted by Gasteiger charge is 2.21. The van der Waals surface area contributed by atoms with Crippen LogP contribution in [0.15, 0.2) is 52.9 Å². The van der Waals surface area contributed by atoms with Crippen LogP contribution in [0.5, 0.6) is 0 Å². The standard InChI is InChI=1S/C18H22N6O4/c1-11(2)16(12-6-4-3-5-7-12)27-18(26)28-24-23-13-8-9-14(22-17(13)20)21-15(25)10-19/h3-9,11,16H,10,19H2,1-2H3,(H3,20,21,22,25). The summed E-state index contributed by atoms with van der Waals surface area (Å²) in [5, 5.41) is 9.48. The van der Waals surface area contributed by atoms with Crippen molar-refractivity contribution in [2.45, 2.75) is 20.0 Å². The smallest absolute Gasteiger partial charge is 0.424 e. The van der Waals surface area contributed by atoms with Crippen LogP contribution >= 0.6 is 0 Å². The van der Waals surface area contributed by atoms with E-state index in [9.17, 15) is 9.59 Å². The third kappa shape index (κ3) is 6.02. The zero-order chi connectivity index (χ0) is 20.5. The van der Waals surface area contributed by atoms with Gasteiger partial charge < -0.3 is 21.5 Å². The highest BCUT2D eigenvalue weighted by Crippen LogP contribution is 2.26. The second-order valence-electron chi connectivity index (χ2n) is 6.07. The van der Waals surface area contributed by atoms with Crippen LogP contribution in [0, 0.1) is 5.92 Å². The number of ether oxygens (including phenoxy) is 1. The summed E-state index contributed by atoms with van der Waals surface area (Å²) in [6.45, 7) is 3.66. The lowest BCUT2D eigenvalue weighted by Gasteiger charge is -2.20. The minimum absolute atomic E-state index is 0.0140. The van der Waals surface area contributed by atoms with E-state index in [1.807, 2.05) is 44.2 Å². The molecule has 0 saturated heterocycles. The van der Waals surface area contributed by atoms with Crippen LogP contribution in [0.1, 0.15) is 25.5 Å². The number of aromatic nitrogens is 1. The van der Waals surface area contributed by atoms with Gasteiger partial charge in [0.15, 0.2) is 5.82 Å². The van der Waals surface area contributed by atoms with Crippen molar-refractivity contribution in [2.75, 3.05) is 17.6 Å². The van der Waals surface area contributed by atoms with Crippen molar-refractivity contribution >= 4 is 29.4 Å². The molecular formula is C18H22N6O4. The highest BCUT2D eigenvalue weighted by molar-refractivity contribution is 5.91. The van der Waals surface area contributed by atoms with E-state index in [-0.39, 0.29) is 29.8 Å². The largest absolute Gasteiger partial charge is 0.537 e. The fraction of sp³-hybridized carbons (Fsp3) is 0.278. The molecule has 1 atom stereocenters. The summed E-state index contributed by atoms with van der Waals surface area (Å²) in [5.41, 5.74) is 11.9. The van der Waals surface area contributed by atoms with Crippen LogP contribution in [0.2, 0.25) is 0 Å². The maximum Gasteiger partial charge on any atom is 0.537 e. The normalized spacial score (nSPS) is 12.0. The Labute approximate surface area is 161 Å². The van der Waals surface area contributed by atoms with Crippen LogP contribution in [0.3, 0.4) is 0 Å². The van der Waals surface area contributed by atoms with Crippen molar-refractivity contribution in [3.05, 3.63) is 48.0 Å². The Morgan fingerprint density at radius 2 is 1.89 bits per heavy atom. The Morgan fingerprint density at radius 1 is 1.18 bits per heavy atom. The zero-order valence-corrected chi connectivity index (χ0v) is 15.5. The Bertz CT molecular complexity index is 841. The van der Waals surface area contributed by atoms with Gasteiger partial charge in [-0.2, -0.15) is 0 Å². The molecule has 28 heavy (non-hydrogen) atoms. The zero-order valence-electron chi connectivity index (χ0n) is 15.5. The van der Waals surface area contributed by atoms with Gasteiger partial charge in [-0.3, -0.25) is 9.63 Å². The summed E-state index contributed by atoms with van der Waals surface area (Å²) >= 11 is 0. The highest BCUT2D eigenvalue weighted by atomic mass is 16.8. The van der Waals surface area contributed by atoms with Gasteiger partial charge in [-0.15, -0.1) is 5.11 Å². The molecule has 1 aromatic carbocycles. The van der Waals surface area contributed by atoms with E-state index in [0.29, 0.717) is 0 Å². The van der Waals surface area contributed by atoms with Crippen LogP contribution < -0.4 is 16.8 Å². The molecule has 1 unspecified atom stereocenters. The molecule has 0 radical (unpaired) electrons. The number of carbonyl (C=O) groups is 2.